The van der Waals surface area contributed by atoms with Crippen LogP contribution in [0.4, 0.5) is 5.69 Å². The molecule has 0 atom stereocenters. The van der Waals surface area contributed by atoms with Crippen LogP contribution < -0.4 is 5.32 Å². The number of piperazine rings is 1. The van der Waals surface area contributed by atoms with Crippen LogP contribution in [0.1, 0.15) is 0 Å². The molecule has 1 N–H and O–H groups in total. The molecule has 1 fully saturated rings. The van der Waals surface area contributed by atoms with Crippen LogP contribution in [0.2, 0.25) is 0 Å². The number of rotatable bonds is 3. The Morgan fingerprint density at radius 3 is 2.23 bits per heavy atom. The molecule has 1 heterocycles. The first kappa shape index (κ1) is 16.6. The fourth-order valence-electron chi connectivity index (χ4n) is 2.18. The average Bonchev–Trinajstić information content (AvgIpc) is 2.54. The third kappa shape index (κ3) is 3.34. The van der Waals surface area contributed by atoms with Gasteiger partial charge in [-0.1, -0.05) is 0 Å². The molecule has 1 aliphatic heterocycles. The highest BCUT2D eigenvalue weighted by atomic mass is 32.2. The van der Waals surface area contributed by atoms with E-state index in [-0.39, 0.29) is 10.6 Å². The molecule has 0 radical (unpaired) electrons. The minimum atomic E-state index is -3.64. The number of nitrogens with one attached hydrogen (secondary N) is 1. The third-order valence-corrected chi connectivity index (χ3v) is 5.80. The van der Waals surface area contributed by atoms with Crippen LogP contribution in [0.25, 0.3) is 0 Å². The first-order valence-electron chi connectivity index (χ1n) is 6.57. The normalized spacial score (nSPS) is 16.3. The van der Waals surface area contributed by atoms with Gasteiger partial charge in [0.1, 0.15) is 0 Å². The molecule has 0 aromatic heterocycles. The first-order valence-corrected chi connectivity index (χ1v) is 8.42. The van der Waals surface area contributed by atoms with Crippen LogP contribution in [0.3, 0.4) is 0 Å². The van der Waals surface area contributed by atoms with E-state index in [0.717, 1.165) is 0 Å². The van der Waals surface area contributed by atoms with E-state index >= 15 is 0 Å². The molecular weight excluding hydrogens is 328 g/mol. The molecule has 1 aromatic rings. The lowest BCUT2D eigenvalue weighted by Crippen LogP contribution is -2.52. The van der Waals surface area contributed by atoms with Gasteiger partial charge in [0, 0.05) is 45.4 Å². The topological polar surface area (TPSA) is 95.8 Å². The number of nitrogens with zero attached hydrogens (tertiary/aromatic N) is 3. The molecule has 0 unspecified atom stereocenters. The summed E-state index contributed by atoms with van der Waals surface area (Å²) in [7, 11) is -1.92. The zero-order valence-corrected chi connectivity index (χ0v) is 13.6. The number of nitro benzene ring substituents is 1. The third-order valence-electron chi connectivity index (χ3n) is 3.43. The molecule has 120 valence electrons. The molecule has 10 heteroatoms. The Labute approximate surface area is 133 Å². The van der Waals surface area contributed by atoms with Gasteiger partial charge in [0.15, 0.2) is 5.11 Å². The predicted octanol–water partition coefficient (Wildman–Crippen LogP) is 0.405. The van der Waals surface area contributed by atoms with E-state index in [2.05, 4.69) is 5.32 Å². The standard InChI is InChI=1S/C12H16N4O4S2/c1-13-12(21)14-6-8-15(9-7-14)22(19,20)11-4-2-10(3-5-11)16(17)18/h2-5H,6-9H2,1H3,(H,13,21). The lowest BCUT2D eigenvalue weighted by atomic mass is 10.3. The Bertz CT molecular complexity index is 667. The molecule has 8 nitrogen and oxygen atoms in total. The maximum absolute atomic E-state index is 12.5. The number of hydrogen-bond donors (Lipinski definition) is 1. The van der Waals surface area contributed by atoms with Crippen molar-refractivity contribution in [1.29, 1.82) is 0 Å². The second-order valence-corrected chi connectivity index (χ2v) is 7.02. The molecule has 22 heavy (non-hydrogen) atoms. The van der Waals surface area contributed by atoms with Crippen LogP contribution in [0, 0.1) is 10.1 Å². The minimum Gasteiger partial charge on any atom is -0.366 e. The van der Waals surface area contributed by atoms with Crippen molar-refractivity contribution in [2.75, 3.05) is 33.2 Å². The van der Waals surface area contributed by atoms with Gasteiger partial charge in [-0.3, -0.25) is 10.1 Å². The molecule has 0 amide bonds. The van der Waals surface area contributed by atoms with E-state index in [1.165, 1.54) is 28.6 Å². The van der Waals surface area contributed by atoms with Crippen LogP contribution >= 0.6 is 12.2 Å². The largest absolute Gasteiger partial charge is 0.366 e. The van der Waals surface area contributed by atoms with E-state index in [9.17, 15) is 18.5 Å². The van der Waals surface area contributed by atoms with Crippen LogP contribution in [0.15, 0.2) is 29.2 Å². The lowest BCUT2D eigenvalue weighted by molar-refractivity contribution is -0.384. The summed E-state index contributed by atoms with van der Waals surface area (Å²) >= 11 is 5.12. The SMILES string of the molecule is CNC(=S)N1CCN(S(=O)(=O)c2ccc([N+](=O)[O-])cc2)CC1. The van der Waals surface area contributed by atoms with Crippen molar-refractivity contribution in [2.45, 2.75) is 4.90 Å². The van der Waals surface area contributed by atoms with E-state index in [4.69, 9.17) is 12.2 Å². The molecule has 1 saturated heterocycles. The van der Waals surface area contributed by atoms with E-state index in [1.54, 1.807) is 7.05 Å². The van der Waals surface area contributed by atoms with Gasteiger partial charge in [-0.2, -0.15) is 4.31 Å². The van der Waals surface area contributed by atoms with Crippen molar-refractivity contribution in [3.63, 3.8) is 0 Å². The van der Waals surface area contributed by atoms with Crippen molar-refractivity contribution in [3.05, 3.63) is 34.4 Å². The molecule has 0 aliphatic carbocycles. The minimum absolute atomic E-state index is 0.0581. The number of non-ortho nitro benzene ring substituents is 1. The summed E-state index contributed by atoms with van der Waals surface area (Å²) in [5.41, 5.74) is -0.136. The summed E-state index contributed by atoms with van der Waals surface area (Å²) in [4.78, 5) is 12.0. The quantitative estimate of drug-likeness (QED) is 0.482. The summed E-state index contributed by atoms with van der Waals surface area (Å²) in [6.45, 7) is 1.65. The lowest BCUT2D eigenvalue weighted by Gasteiger charge is -2.35. The highest BCUT2D eigenvalue weighted by Gasteiger charge is 2.29. The van der Waals surface area contributed by atoms with Gasteiger partial charge in [-0.15, -0.1) is 0 Å². The Kier molecular flexibility index (Phi) is 4.94. The fourth-order valence-corrected chi connectivity index (χ4v) is 3.78. The summed E-state index contributed by atoms with van der Waals surface area (Å²) in [6.07, 6.45) is 0. The highest BCUT2D eigenvalue weighted by molar-refractivity contribution is 7.89. The predicted molar refractivity (Wildman–Crippen MR) is 85.1 cm³/mol. The van der Waals surface area contributed by atoms with E-state index in [0.29, 0.717) is 31.3 Å². The fraction of sp³-hybridized carbons (Fsp3) is 0.417. The molecule has 1 aromatic carbocycles. The number of benzene rings is 1. The Hall–Kier alpha value is -1.78. The van der Waals surface area contributed by atoms with Crippen LogP contribution in [-0.2, 0) is 10.0 Å². The maximum Gasteiger partial charge on any atom is 0.269 e. The van der Waals surface area contributed by atoms with Crippen LogP contribution in [-0.4, -0.2) is 60.9 Å². The summed E-state index contributed by atoms with van der Waals surface area (Å²) in [6, 6.07) is 4.91. The zero-order valence-electron chi connectivity index (χ0n) is 11.9. The molecule has 0 spiro atoms. The van der Waals surface area contributed by atoms with Gasteiger partial charge in [-0.05, 0) is 24.4 Å². The van der Waals surface area contributed by atoms with Crippen molar-refractivity contribution in [3.8, 4) is 0 Å². The van der Waals surface area contributed by atoms with Crippen molar-refractivity contribution in [1.82, 2.24) is 14.5 Å². The molecule has 0 bridgehead atoms. The smallest absolute Gasteiger partial charge is 0.269 e. The van der Waals surface area contributed by atoms with Gasteiger partial charge in [0.05, 0.1) is 9.82 Å². The summed E-state index contributed by atoms with van der Waals surface area (Å²) < 4.78 is 26.4. The van der Waals surface area contributed by atoms with Gasteiger partial charge < -0.3 is 10.2 Å². The van der Waals surface area contributed by atoms with Crippen molar-refractivity contribution in [2.24, 2.45) is 0 Å². The Morgan fingerprint density at radius 2 is 1.77 bits per heavy atom. The molecule has 1 aliphatic rings. The van der Waals surface area contributed by atoms with E-state index in [1.807, 2.05) is 4.90 Å². The van der Waals surface area contributed by atoms with Gasteiger partial charge in [0.2, 0.25) is 10.0 Å². The average molecular weight is 344 g/mol. The van der Waals surface area contributed by atoms with E-state index < -0.39 is 14.9 Å². The van der Waals surface area contributed by atoms with Crippen molar-refractivity contribution < 1.29 is 13.3 Å². The number of sulfonamides is 1. The molecular formula is C12H16N4O4S2. The highest BCUT2D eigenvalue weighted by Crippen LogP contribution is 2.20. The zero-order chi connectivity index (χ0) is 16.3. The maximum atomic E-state index is 12.5. The summed E-state index contributed by atoms with van der Waals surface area (Å²) in [5, 5.41) is 14.1. The van der Waals surface area contributed by atoms with Crippen molar-refractivity contribution >= 4 is 33.0 Å². The second-order valence-electron chi connectivity index (χ2n) is 4.70. The Morgan fingerprint density at radius 1 is 1.23 bits per heavy atom. The molecule has 2 rings (SSSR count). The molecule has 0 saturated carbocycles. The monoisotopic (exact) mass is 344 g/mol. The van der Waals surface area contributed by atoms with Crippen LogP contribution in [0.5, 0.6) is 0 Å². The van der Waals surface area contributed by atoms with Gasteiger partial charge in [0.25, 0.3) is 5.69 Å². The first-order chi connectivity index (χ1) is 10.4. The number of nitro groups is 1. The summed E-state index contributed by atoms with van der Waals surface area (Å²) in [5.74, 6) is 0. The van der Waals surface area contributed by atoms with Gasteiger partial charge >= 0.3 is 0 Å². The van der Waals surface area contributed by atoms with Gasteiger partial charge in [-0.25, -0.2) is 8.42 Å². The number of thiocarbonyl (C=S) groups is 1. The number of hydrogen-bond acceptors (Lipinski definition) is 5. The Balaban J connectivity index is 2.11. The second kappa shape index (κ2) is 6.55.